The van der Waals surface area contributed by atoms with Gasteiger partial charge in [-0.15, -0.1) is 0 Å². The molecule has 1 aromatic carbocycles. The molecule has 2 atom stereocenters. The molecule has 0 aliphatic carbocycles. The first-order valence-corrected chi connectivity index (χ1v) is 8.88. The van der Waals surface area contributed by atoms with E-state index in [1.165, 1.54) is 0 Å². The highest BCUT2D eigenvalue weighted by molar-refractivity contribution is 14.1. The van der Waals surface area contributed by atoms with E-state index < -0.39 is 10.0 Å². The molecule has 1 aliphatic rings. The molecule has 18 heavy (non-hydrogen) atoms. The first-order valence-electron chi connectivity index (χ1n) is 6.19. The Balaban J connectivity index is 2.34. The summed E-state index contributed by atoms with van der Waals surface area (Å²) in [5, 5.41) is 0. The van der Waals surface area contributed by atoms with Crippen LogP contribution in [0.15, 0.2) is 29.2 Å². The molecule has 0 radical (unpaired) electrons. The van der Waals surface area contributed by atoms with Gasteiger partial charge in [0.1, 0.15) is 0 Å². The lowest BCUT2D eigenvalue weighted by Gasteiger charge is -2.24. The summed E-state index contributed by atoms with van der Waals surface area (Å²) in [6.07, 6.45) is 1.82. The first-order chi connectivity index (χ1) is 8.46. The number of benzene rings is 1. The smallest absolute Gasteiger partial charge is 0.207 e. The van der Waals surface area contributed by atoms with Crippen LogP contribution in [0.1, 0.15) is 25.3 Å². The molecule has 0 amide bonds. The normalized spacial score (nSPS) is 25.5. The van der Waals surface area contributed by atoms with Gasteiger partial charge in [-0.25, -0.2) is 8.42 Å². The maximum Gasteiger partial charge on any atom is 0.243 e. The number of sulfonamides is 1. The van der Waals surface area contributed by atoms with E-state index in [1.807, 2.05) is 19.1 Å². The third-order valence-electron chi connectivity index (χ3n) is 3.46. The average molecular weight is 379 g/mol. The van der Waals surface area contributed by atoms with Crippen LogP contribution in [0.2, 0.25) is 0 Å². The summed E-state index contributed by atoms with van der Waals surface area (Å²) in [6, 6.07) is 7.25. The van der Waals surface area contributed by atoms with Crippen molar-refractivity contribution in [3.63, 3.8) is 0 Å². The first kappa shape index (κ1) is 14.3. The van der Waals surface area contributed by atoms with Crippen LogP contribution < -0.4 is 0 Å². The summed E-state index contributed by atoms with van der Waals surface area (Å²) in [7, 11) is -3.32. The van der Waals surface area contributed by atoms with Gasteiger partial charge in [-0.05, 0) is 31.9 Å². The molecular weight excluding hydrogens is 361 g/mol. The molecule has 1 fully saturated rings. The molecule has 0 saturated carbocycles. The quantitative estimate of drug-likeness (QED) is 0.598. The van der Waals surface area contributed by atoms with Crippen molar-refractivity contribution in [2.75, 3.05) is 6.54 Å². The van der Waals surface area contributed by atoms with Crippen LogP contribution in [0.4, 0.5) is 0 Å². The number of hydrogen-bond acceptors (Lipinski definition) is 2. The minimum Gasteiger partial charge on any atom is -0.207 e. The van der Waals surface area contributed by atoms with Crippen molar-refractivity contribution in [1.29, 1.82) is 0 Å². The van der Waals surface area contributed by atoms with Gasteiger partial charge in [-0.3, -0.25) is 0 Å². The zero-order chi connectivity index (χ0) is 13.3. The lowest BCUT2D eigenvalue weighted by atomic mass is 10.2. The Labute approximate surface area is 123 Å². The second-order valence-corrected chi connectivity index (χ2v) is 8.20. The van der Waals surface area contributed by atoms with Gasteiger partial charge in [0.05, 0.1) is 4.90 Å². The van der Waals surface area contributed by atoms with Gasteiger partial charge in [-0.1, -0.05) is 47.2 Å². The zero-order valence-corrected chi connectivity index (χ0v) is 13.6. The predicted octanol–water partition coefficient (Wildman–Crippen LogP) is 2.97. The molecule has 3 nitrogen and oxygen atoms in total. The number of hydrogen-bond donors (Lipinski definition) is 0. The van der Waals surface area contributed by atoms with Gasteiger partial charge < -0.3 is 0 Å². The Kier molecular flexibility index (Phi) is 4.33. The van der Waals surface area contributed by atoms with E-state index in [2.05, 4.69) is 29.5 Å². The molecule has 1 aliphatic heterocycles. The fraction of sp³-hybridized carbons (Fsp3) is 0.538. The van der Waals surface area contributed by atoms with E-state index in [-0.39, 0.29) is 6.04 Å². The Morgan fingerprint density at radius 2 is 1.94 bits per heavy atom. The minimum absolute atomic E-state index is 0.136. The Morgan fingerprint density at radius 3 is 2.50 bits per heavy atom. The molecule has 2 rings (SSSR count). The number of nitrogens with zero attached hydrogens (tertiary/aromatic N) is 1. The highest BCUT2D eigenvalue weighted by atomic mass is 127. The number of aryl methyl sites for hydroxylation is 1. The SMILES string of the molecule is CC[C@H]1[C@H](I)CCN1S(=O)(=O)c1ccc(C)cc1. The van der Waals surface area contributed by atoms with Crippen molar-refractivity contribution in [2.24, 2.45) is 0 Å². The maximum absolute atomic E-state index is 12.6. The van der Waals surface area contributed by atoms with Crippen LogP contribution in [0.3, 0.4) is 0 Å². The fourth-order valence-corrected chi connectivity index (χ4v) is 5.54. The number of rotatable bonds is 3. The molecule has 5 heteroatoms. The fourth-order valence-electron chi connectivity index (χ4n) is 2.39. The van der Waals surface area contributed by atoms with E-state index in [0.717, 1.165) is 18.4 Å². The van der Waals surface area contributed by atoms with Crippen LogP contribution in [0, 0.1) is 6.92 Å². The van der Waals surface area contributed by atoms with E-state index in [4.69, 9.17) is 0 Å². The van der Waals surface area contributed by atoms with Gasteiger partial charge >= 0.3 is 0 Å². The third-order valence-corrected chi connectivity index (χ3v) is 6.85. The van der Waals surface area contributed by atoms with E-state index in [9.17, 15) is 8.42 Å². The van der Waals surface area contributed by atoms with E-state index in [1.54, 1.807) is 16.4 Å². The number of alkyl halides is 1. The summed E-state index contributed by atoms with van der Waals surface area (Å²) in [5.74, 6) is 0. The standard InChI is InChI=1S/C13H18INO2S/c1-3-13-12(14)8-9-15(13)18(16,17)11-6-4-10(2)5-7-11/h4-7,12-13H,3,8-9H2,1-2H3/t12-,13+/m1/s1. The van der Waals surface area contributed by atoms with Gasteiger partial charge in [0, 0.05) is 16.5 Å². The van der Waals surface area contributed by atoms with Crippen LogP contribution in [0.5, 0.6) is 0 Å². The topological polar surface area (TPSA) is 37.4 Å². The Hall–Kier alpha value is -0.140. The number of halogens is 1. The molecule has 0 bridgehead atoms. The second kappa shape index (κ2) is 5.46. The largest absolute Gasteiger partial charge is 0.243 e. The summed E-state index contributed by atoms with van der Waals surface area (Å²) in [5.41, 5.74) is 1.08. The molecule has 0 aromatic heterocycles. The van der Waals surface area contributed by atoms with Crippen LogP contribution in [-0.4, -0.2) is 29.2 Å². The van der Waals surface area contributed by atoms with Crippen LogP contribution >= 0.6 is 22.6 Å². The third kappa shape index (κ3) is 2.58. The van der Waals surface area contributed by atoms with Crippen LogP contribution in [-0.2, 0) is 10.0 Å². The van der Waals surface area contributed by atoms with Crippen molar-refractivity contribution < 1.29 is 8.42 Å². The molecule has 100 valence electrons. The lowest BCUT2D eigenvalue weighted by molar-refractivity contribution is 0.385. The zero-order valence-electron chi connectivity index (χ0n) is 10.6. The minimum atomic E-state index is -3.32. The summed E-state index contributed by atoms with van der Waals surface area (Å²) < 4.78 is 27.3. The van der Waals surface area contributed by atoms with Gasteiger partial charge in [0.15, 0.2) is 0 Å². The highest BCUT2D eigenvalue weighted by Crippen LogP contribution is 2.32. The van der Waals surface area contributed by atoms with Crippen molar-refractivity contribution in [3.05, 3.63) is 29.8 Å². The second-order valence-electron chi connectivity index (χ2n) is 4.71. The van der Waals surface area contributed by atoms with E-state index in [0.29, 0.717) is 15.4 Å². The Morgan fingerprint density at radius 1 is 1.33 bits per heavy atom. The molecular formula is C13H18INO2S. The molecule has 1 heterocycles. The molecule has 1 aromatic rings. The van der Waals surface area contributed by atoms with Crippen molar-refractivity contribution in [3.8, 4) is 0 Å². The van der Waals surface area contributed by atoms with Gasteiger partial charge in [-0.2, -0.15) is 4.31 Å². The Bertz CT molecular complexity index is 512. The van der Waals surface area contributed by atoms with Crippen molar-refractivity contribution in [2.45, 2.75) is 41.6 Å². The highest BCUT2D eigenvalue weighted by Gasteiger charge is 2.39. The molecule has 0 N–H and O–H groups in total. The molecule has 0 spiro atoms. The van der Waals surface area contributed by atoms with Crippen molar-refractivity contribution >= 4 is 32.6 Å². The predicted molar refractivity (Wildman–Crippen MR) is 81.6 cm³/mol. The van der Waals surface area contributed by atoms with Crippen LogP contribution in [0.25, 0.3) is 0 Å². The summed E-state index contributed by atoms with van der Waals surface area (Å²) in [4.78, 5) is 0.414. The monoisotopic (exact) mass is 379 g/mol. The average Bonchev–Trinajstić information content (AvgIpc) is 2.71. The molecule has 0 unspecified atom stereocenters. The maximum atomic E-state index is 12.6. The summed E-state index contributed by atoms with van der Waals surface area (Å²) >= 11 is 2.37. The molecule has 1 saturated heterocycles. The van der Waals surface area contributed by atoms with Gasteiger partial charge in [0.2, 0.25) is 10.0 Å². The van der Waals surface area contributed by atoms with Crippen molar-refractivity contribution in [1.82, 2.24) is 4.31 Å². The summed E-state index contributed by atoms with van der Waals surface area (Å²) in [6.45, 7) is 4.66. The lowest BCUT2D eigenvalue weighted by Crippen LogP contribution is -2.37. The van der Waals surface area contributed by atoms with Gasteiger partial charge in [0.25, 0.3) is 0 Å². The van der Waals surface area contributed by atoms with E-state index >= 15 is 0 Å².